The van der Waals surface area contributed by atoms with Gasteiger partial charge in [0.1, 0.15) is 6.04 Å². The molecule has 3 unspecified atom stereocenters. The quantitative estimate of drug-likeness (QED) is 0.673. The monoisotopic (exact) mass is 210 g/mol. The Labute approximate surface area is 89.8 Å². The van der Waals surface area contributed by atoms with Gasteiger partial charge in [-0.3, -0.25) is 14.6 Å². The van der Waals surface area contributed by atoms with Crippen LogP contribution in [0.2, 0.25) is 0 Å². The van der Waals surface area contributed by atoms with E-state index in [-0.39, 0.29) is 6.04 Å². The van der Waals surface area contributed by atoms with Crippen molar-refractivity contribution in [2.75, 3.05) is 20.1 Å². The summed E-state index contributed by atoms with van der Waals surface area (Å²) in [6.07, 6.45) is 3.35. The largest absolute Gasteiger partial charge is 0.480 e. The third-order valence-corrected chi connectivity index (χ3v) is 4.63. The fraction of sp³-hybridized carbons (Fsp3) is 0.909. The van der Waals surface area contributed by atoms with Crippen LogP contribution in [-0.4, -0.2) is 59.1 Å². The van der Waals surface area contributed by atoms with Crippen molar-refractivity contribution in [3.63, 3.8) is 0 Å². The number of hydrogen-bond donors (Lipinski definition) is 1. The summed E-state index contributed by atoms with van der Waals surface area (Å²) in [6.45, 7) is 2.37. The summed E-state index contributed by atoms with van der Waals surface area (Å²) in [5.74, 6) is 0.0989. The van der Waals surface area contributed by atoms with Gasteiger partial charge in [-0.05, 0) is 45.3 Å². The van der Waals surface area contributed by atoms with Gasteiger partial charge in [0, 0.05) is 12.1 Å². The zero-order valence-corrected chi connectivity index (χ0v) is 9.09. The van der Waals surface area contributed by atoms with E-state index in [9.17, 15) is 4.79 Å². The van der Waals surface area contributed by atoms with Gasteiger partial charge in [-0.25, -0.2) is 0 Å². The highest BCUT2D eigenvalue weighted by Crippen LogP contribution is 2.42. The SMILES string of the molecule is CN1C(C(=O)O)CC2C1C1CCN2CC1. The summed E-state index contributed by atoms with van der Waals surface area (Å²) < 4.78 is 0. The first-order valence-corrected chi connectivity index (χ1v) is 5.87. The second-order valence-corrected chi connectivity index (χ2v) is 5.19. The van der Waals surface area contributed by atoms with Gasteiger partial charge < -0.3 is 5.11 Å². The molecular formula is C11H18N2O2. The van der Waals surface area contributed by atoms with E-state index < -0.39 is 5.97 Å². The third-order valence-electron chi connectivity index (χ3n) is 4.63. The lowest BCUT2D eigenvalue weighted by molar-refractivity contribution is -0.142. The Bertz CT molecular complexity index is 286. The Morgan fingerprint density at radius 3 is 2.53 bits per heavy atom. The number of nitrogens with zero attached hydrogens (tertiary/aromatic N) is 2. The molecule has 0 saturated carbocycles. The van der Waals surface area contributed by atoms with Crippen LogP contribution < -0.4 is 0 Å². The van der Waals surface area contributed by atoms with Crippen molar-refractivity contribution in [2.45, 2.75) is 37.4 Å². The predicted molar refractivity (Wildman–Crippen MR) is 55.7 cm³/mol. The first-order chi connectivity index (χ1) is 7.18. The van der Waals surface area contributed by atoms with Crippen LogP contribution in [0, 0.1) is 5.92 Å². The highest BCUT2D eigenvalue weighted by Gasteiger charge is 2.52. The Morgan fingerprint density at radius 1 is 1.33 bits per heavy atom. The van der Waals surface area contributed by atoms with Crippen LogP contribution in [0.3, 0.4) is 0 Å². The molecule has 4 fully saturated rings. The van der Waals surface area contributed by atoms with Gasteiger partial charge in [-0.2, -0.15) is 0 Å². The van der Waals surface area contributed by atoms with E-state index in [4.69, 9.17) is 5.11 Å². The van der Waals surface area contributed by atoms with Crippen molar-refractivity contribution in [3.8, 4) is 0 Å². The second kappa shape index (κ2) is 3.19. The van der Waals surface area contributed by atoms with Crippen LogP contribution in [0.15, 0.2) is 0 Å². The molecule has 0 amide bonds. The number of fused-ring (bicyclic) bond motifs is 2. The summed E-state index contributed by atoms with van der Waals surface area (Å²) in [7, 11) is 1.99. The van der Waals surface area contributed by atoms with Crippen molar-refractivity contribution >= 4 is 5.97 Å². The number of likely N-dealkylation sites (tertiary alicyclic amines) is 1. The van der Waals surface area contributed by atoms with Crippen LogP contribution >= 0.6 is 0 Å². The van der Waals surface area contributed by atoms with E-state index in [1.54, 1.807) is 0 Å². The maximum Gasteiger partial charge on any atom is 0.320 e. The maximum absolute atomic E-state index is 11.1. The smallest absolute Gasteiger partial charge is 0.320 e. The van der Waals surface area contributed by atoms with Crippen molar-refractivity contribution in [3.05, 3.63) is 0 Å². The fourth-order valence-corrected chi connectivity index (χ4v) is 3.89. The molecule has 0 aromatic heterocycles. The number of carbonyl (C=O) groups is 1. The minimum Gasteiger partial charge on any atom is -0.480 e. The van der Waals surface area contributed by atoms with Crippen LogP contribution in [0.1, 0.15) is 19.3 Å². The van der Waals surface area contributed by atoms with Crippen molar-refractivity contribution in [1.29, 1.82) is 0 Å². The molecule has 0 aromatic carbocycles. The zero-order valence-electron chi connectivity index (χ0n) is 9.09. The molecule has 4 aliphatic rings. The number of likely N-dealkylation sites (N-methyl/N-ethyl adjacent to an activating group) is 1. The number of hydrogen-bond acceptors (Lipinski definition) is 3. The van der Waals surface area contributed by atoms with Crippen molar-refractivity contribution < 1.29 is 9.90 Å². The lowest BCUT2D eigenvalue weighted by Crippen LogP contribution is -2.58. The minimum atomic E-state index is -0.646. The topological polar surface area (TPSA) is 43.8 Å². The van der Waals surface area contributed by atoms with Gasteiger partial charge in [0.15, 0.2) is 0 Å². The molecule has 1 N–H and O–H groups in total. The van der Waals surface area contributed by atoms with Crippen LogP contribution in [0.25, 0.3) is 0 Å². The van der Waals surface area contributed by atoms with Gasteiger partial charge in [-0.1, -0.05) is 0 Å². The number of carboxylic acid groups (broad SMARTS) is 1. The summed E-state index contributed by atoms with van der Waals surface area (Å²) >= 11 is 0. The maximum atomic E-state index is 11.1. The molecular weight excluding hydrogens is 192 g/mol. The van der Waals surface area contributed by atoms with E-state index in [0.29, 0.717) is 12.1 Å². The van der Waals surface area contributed by atoms with E-state index in [2.05, 4.69) is 9.80 Å². The van der Waals surface area contributed by atoms with Crippen LogP contribution in [0.5, 0.6) is 0 Å². The lowest BCUT2D eigenvalue weighted by Gasteiger charge is -2.49. The molecule has 4 heterocycles. The van der Waals surface area contributed by atoms with E-state index in [0.717, 1.165) is 12.3 Å². The molecule has 0 spiro atoms. The molecule has 15 heavy (non-hydrogen) atoms. The predicted octanol–water partition coefficient (Wildman–Crippen LogP) is 0.238. The third kappa shape index (κ3) is 1.24. The lowest BCUT2D eigenvalue weighted by atomic mass is 9.79. The summed E-state index contributed by atoms with van der Waals surface area (Å²) in [5, 5.41) is 9.16. The average molecular weight is 210 g/mol. The molecule has 4 rings (SSSR count). The molecule has 3 atom stereocenters. The fourth-order valence-electron chi connectivity index (χ4n) is 3.89. The number of piperidine rings is 3. The van der Waals surface area contributed by atoms with Gasteiger partial charge in [0.2, 0.25) is 0 Å². The van der Waals surface area contributed by atoms with Crippen molar-refractivity contribution in [1.82, 2.24) is 9.80 Å². The number of rotatable bonds is 1. The van der Waals surface area contributed by atoms with Crippen LogP contribution in [-0.2, 0) is 4.79 Å². The molecule has 0 aliphatic carbocycles. The first-order valence-electron chi connectivity index (χ1n) is 5.87. The average Bonchev–Trinajstić information content (AvgIpc) is 2.61. The summed E-state index contributed by atoms with van der Waals surface area (Å²) in [5.41, 5.74) is 0. The molecule has 4 nitrogen and oxygen atoms in total. The standard InChI is InChI=1S/C11H18N2O2/c1-12-9(11(14)15)6-8-10(12)7-2-4-13(8)5-3-7/h7-10H,2-6H2,1H3,(H,14,15). The Balaban J connectivity index is 1.87. The van der Waals surface area contributed by atoms with Crippen LogP contribution in [0.4, 0.5) is 0 Å². The number of carboxylic acids is 1. The molecule has 4 heteroatoms. The number of aliphatic carboxylic acids is 1. The Morgan fingerprint density at radius 2 is 2.00 bits per heavy atom. The highest BCUT2D eigenvalue weighted by atomic mass is 16.4. The molecule has 84 valence electrons. The Kier molecular flexibility index (Phi) is 2.04. The Hall–Kier alpha value is -0.610. The summed E-state index contributed by atoms with van der Waals surface area (Å²) in [6, 6.07) is 0.776. The first kappa shape index (κ1) is 9.60. The molecule has 2 bridgehead atoms. The van der Waals surface area contributed by atoms with Gasteiger partial charge in [-0.15, -0.1) is 0 Å². The van der Waals surface area contributed by atoms with Gasteiger partial charge >= 0.3 is 5.97 Å². The normalized spacial score (nSPS) is 49.3. The second-order valence-electron chi connectivity index (χ2n) is 5.19. The van der Waals surface area contributed by atoms with E-state index >= 15 is 0 Å². The molecule has 4 saturated heterocycles. The minimum absolute atomic E-state index is 0.249. The van der Waals surface area contributed by atoms with E-state index in [1.807, 2.05) is 7.05 Å². The van der Waals surface area contributed by atoms with Crippen molar-refractivity contribution in [2.24, 2.45) is 5.92 Å². The molecule has 0 aromatic rings. The molecule has 0 radical (unpaired) electrons. The van der Waals surface area contributed by atoms with Gasteiger partial charge in [0.05, 0.1) is 0 Å². The van der Waals surface area contributed by atoms with Gasteiger partial charge in [0.25, 0.3) is 0 Å². The highest BCUT2D eigenvalue weighted by molar-refractivity contribution is 5.74. The van der Waals surface area contributed by atoms with E-state index in [1.165, 1.54) is 25.9 Å². The molecule has 4 aliphatic heterocycles. The zero-order chi connectivity index (χ0) is 10.6. The summed E-state index contributed by atoms with van der Waals surface area (Å²) in [4.78, 5) is 15.7.